The maximum atomic E-state index is 13.2. The van der Waals surface area contributed by atoms with E-state index < -0.39 is 12.1 Å². The van der Waals surface area contributed by atoms with E-state index in [9.17, 15) is 14.8 Å². The van der Waals surface area contributed by atoms with Crippen LogP contribution in [0.1, 0.15) is 22.7 Å². The summed E-state index contributed by atoms with van der Waals surface area (Å²) >= 11 is 0. The lowest BCUT2D eigenvalue weighted by Crippen LogP contribution is -2.51. The van der Waals surface area contributed by atoms with Crippen LogP contribution in [0.3, 0.4) is 0 Å². The molecule has 0 heterocycles. The third-order valence-corrected chi connectivity index (χ3v) is 4.74. The van der Waals surface area contributed by atoms with Gasteiger partial charge >= 0.3 is 6.03 Å². The van der Waals surface area contributed by atoms with Gasteiger partial charge in [0.15, 0.2) is 0 Å². The molecule has 0 bridgehead atoms. The van der Waals surface area contributed by atoms with Crippen molar-refractivity contribution in [2.24, 2.45) is 0 Å². The summed E-state index contributed by atoms with van der Waals surface area (Å²) in [6.07, 6.45) is 0.294. The van der Waals surface area contributed by atoms with Crippen molar-refractivity contribution in [3.05, 3.63) is 108 Å². The van der Waals surface area contributed by atoms with Gasteiger partial charge in [-0.3, -0.25) is 10.0 Å². The van der Waals surface area contributed by atoms with Crippen molar-refractivity contribution in [1.29, 1.82) is 0 Å². The second-order valence-corrected chi connectivity index (χ2v) is 6.98. The van der Waals surface area contributed by atoms with E-state index in [1.54, 1.807) is 0 Å². The number of carbonyl (C=O) groups excluding carboxylic acids is 2. The van der Waals surface area contributed by atoms with Crippen molar-refractivity contribution in [2.75, 3.05) is 7.05 Å². The molecule has 3 rings (SSSR count). The van der Waals surface area contributed by atoms with Crippen molar-refractivity contribution in [1.82, 2.24) is 15.7 Å². The molecular formula is C24H25N3O3. The third kappa shape index (κ3) is 5.68. The highest BCUT2D eigenvalue weighted by atomic mass is 16.5. The standard InChI is InChI=1S/C24H25N3O3/c1-27(30)24(29)25-21(17-18-11-5-2-6-12-18)23(28)26-22(19-13-7-3-8-14-19)20-15-9-4-10-16-20/h2-16,21-22,30H,17H2,1H3,(H,25,29)(H,26,28)/t21-/m0/s1. The topological polar surface area (TPSA) is 81.7 Å². The average molecular weight is 403 g/mol. The Hall–Kier alpha value is -3.64. The van der Waals surface area contributed by atoms with Gasteiger partial charge in [-0.05, 0) is 16.7 Å². The number of hydrogen-bond acceptors (Lipinski definition) is 3. The molecule has 0 spiro atoms. The van der Waals surface area contributed by atoms with Crippen LogP contribution in [0.2, 0.25) is 0 Å². The molecule has 3 aromatic carbocycles. The van der Waals surface area contributed by atoms with Crippen LogP contribution in [0, 0.1) is 0 Å². The highest BCUT2D eigenvalue weighted by molar-refractivity contribution is 5.87. The van der Waals surface area contributed by atoms with E-state index >= 15 is 0 Å². The molecule has 6 nitrogen and oxygen atoms in total. The van der Waals surface area contributed by atoms with E-state index in [-0.39, 0.29) is 11.9 Å². The molecule has 0 aliphatic heterocycles. The van der Waals surface area contributed by atoms with E-state index in [0.717, 1.165) is 16.7 Å². The van der Waals surface area contributed by atoms with Gasteiger partial charge in [-0.15, -0.1) is 0 Å². The molecule has 0 unspecified atom stereocenters. The van der Waals surface area contributed by atoms with Crippen LogP contribution < -0.4 is 10.6 Å². The summed E-state index contributed by atoms with van der Waals surface area (Å²) in [4.78, 5) is 25.3. The highest BCUT2D eigenvalue weighted by Crippen LogP contribution is 2.22. The van der Waals surface area contributed by atoms with E-state index in [1.165, 1.54) is 7.05 Å². The lowest BCUT2D eigenvalue weighted by molar-refractivity contribution is -0.123. The number of carbonyl (C=O) groups is 2. The molecule has 1 atom stereocenters. The minimum Gasteiger partial charge on any atom is -0.343 e. The van der Waals surface area contributed by atoms with Crippen LogP contribution in [0.5, 0.6) is 0 Å². The first-order chi connectivity index (χ1) is 14.5. The zero-order valence-corrected chi connectivity index (χ0v) is 16.7. The molecule has 0 aliphatic carbocycles. The summed E-state index contributed by atoms with van der Waals surface area (Å²) in [7, 11) is 1.21. The van der Waals surface area contributed by atoms with Crippen LogP contribution in [0.4, 0.5) is 4.79 Å². The quantitative estimate of drug-likeness (QED) is 0.417. The molecule has 0 saturated carbocycles. The summed E-state index contributed by atoms with van der Waals surface area (Å²) < 4.78 is 0. The smallest absolute Gasteiger partial charge is 0.341 e. The molecule has 3 aromatic rings. The molecule has 0 aliphatic rings. The fourth-order valence-electron chi connectivity index (χ4n) is 3.19. The Balaban J connectivity index is 1.86. The second-order valence-electron chi connectivity index (χ2n) is 6.98. The molecule has 3 N–H and O–H groups in total. The predicted octanol–water partition coefficient (Wildman–Crippen LogP) is 3.53. The zero-order valence-electron chi connectivity index (χ0n) is 16.7. The minimum absolute atomic E-state index is 0.294. The summed E-state index contributed by atoms with van der Waals surface area (Å²) in [5.74, 6) is -0.341. The fourth-order valence-corrected chi connectivity index (χ4v) is 3.19. The van der Waals surface area contributed by atoms with Gasteiger partial charge in [0.2, 0.25) is 5.91 Å². The second kappa shape index (κ2) is 10.2. The Kier molecular flexibility index (Phi) is 7.19. The molecule has 0 aromatic heterocycles. The van der Waals surface area contributed by atoms with Crippen LogP contribution in [0.25, 0.3) is 0 Å². The molecule has 0 saturated heterocycles. The van der Waals surface area contributed by atoms with E-state index in [2.05, 4.69) is 10.6 Å². The fraction of sp³-hybridized carbons (Fsp3) is 0.167. The van der Waals surface area contributed by atoms with Gasteiger partial charge in [0.1, 0.15) is 6.04 Å². The number of benzene rings is 3. The molecule has 30 heavy (non-hydrogen) atoms. The van der Waals surface area contributed by atoms with Crippen LogP contribution in [-0.4, -0.2) is 35.3 Å². The summed E-state index contributed by atoms with van der Waals surface area (Å²) in [6, 6.07) is 26.7. The Morgan fingerprint density at radius 2 is 1.27 bits per heavy atom. The van der Waals surface area contributed by atoms with E-state index in [4.69, 9.17) is 0 Å². The summed E-state index contributed by atoms with van der Waals surface area (Å²) in [5.41, 5.74) is 2.76. The van der Waals surface area contributed by atoms with Crippen LogP contribution in [0.15, 0.2) is 91.0 Å². The summed E-state index contributed by atoms with van der Waals surface area (Å²) in [6.45, 7) is 0. The lowest BCUT2D eigenvalue weighted by atomic mass is 9.97. The Labute approximate surface area is 176 Å². The normalized spacial score (nSPS) is 11.6. The molecule has 3 amide bonds. The van der Waals surface area contributed by atoms with Gasteiger partial charge in [-0.25, -0.2) is 9.86 Å². The largest absolute Gasteiger partial charge is 0.343 e. The van der Waals surface area contributed by atoms with E-state index in [1.807, 2.05) is 91.0 Å². The van der Waals surface area contributed by atoms with Crippen molar-refractivity contribution < 1.29 is 14.8 Å². The number of nitrogens with one attached hydrogen (secondary N) is 2. The Morgan fingerprint density at radius 3 is 1.73 bits per heavy atom. The first kappa shape index (κ1) is 21.1. The van der Waals surface area contributed by atoms with Gasteiger partial charge in [0, 0.05) is 13.5 Å². The maximum absolute atomic E-state index is 13.2. The predicted molar refractivity (Wildman–Crippen MR) is 115 cm³/mol. The SMILES string of the molecule is CN(O)C(=O)N[C@@H](Cc1ccccc1)C(=O)NC(c1ccccc1)c1ccccc1. The van der Waals surface area contributed by atoms with Gasteiger partial charge in [-0.2, -0.15) is 0 Å². The van der Waals surface area contributed by atoms with Crippen LogP contribution >= 0.6 is 0 Å². The summed E-state index contributed by atoms with van der Waals surface area (Å²) in [5, 5.41) is 15.5. The lowest BCUT2D eigenvalue weighted by Gasteiger charge is -2.25. The van der Waals surface area contributed by atoms with Gasteiger partial charge in [0.05, 0.1) is 6.04 Å². The minimum atomic E-state index is -0.857. The van der Waals surface area contributed by atoms with Crippen LogP contribution in [-0.2, 0) is 11.2 Å². The highest BCUT2D eigenvalue weighted by Gasteiger charge is 2.26. The monoisotopic (exact) mass is 403 g/mol. The maximum Gasteiger partial charge on any atom is 0.341 e. The molecule has 6 heteroatoms. The first-order valence-electron chi connectivity index (χ1n) is 9.72. The van der Waals surface area contributed by atoms with Crippen molar-refractivity contribution in [2.45, 2.75) is 18.5 Å². The zero-order chi connectivity index (χ0) is 21.3. The number of nitrogens with zero attached hydrogens (tertiary/aromatic N) is 1. The van der Waals surface area contributed by atoms with Crippen molar-refractivity contribution in [3.63, 3.8) is 0 Å². The van der Waals surface area contributed by atoms with E-state index in [0.29, 0.717) is 11.5 Å². The van der Waals surface area contributed by atoms with Crippen molar-refractivity contribution in [3.8, 4) is 0 Å². The Bertz CT molecular complexity index is 908. The van der Waals surface area contributed by atoms with Gasteiger partial charge in [-0.1, -0.05) is 91.0 Å². The molecule has 154 valence electrons. The number of rotatable bonds is 7. The third-order valence-electron chi connectivity index (χ3n) is 4.74. The number of amides is 3. The number of hydroxylamine groups is 2. The number of urea groups is 1. The first-order valence-corrected chi connectivity index (χ1v) is 9.72. The molecular weight excluding hydrogens is 378 g/mol. The number of hydrogen-bond donors (Lipinski definition) is 3. The van der Waals surface area contributed by atoms with Crippen molar-refractivity contribution >= 4 is 11.9 Å². The molecule has 0 fully saturated rings. The molecule has 0 radical (unpaired) electrons. The average Bonchev–Trinajstić information content (AvgIpc) is 2.78. The van der Waals surface area contributed by atoms with Gasteiger partial charge in [0.25, 0.3) is 0 Å². The van der Waals surface area contributed by atoms with Gasteiger partial charge < -0.3 is 10.6 Å². The Morgan fingerprint density at radius 1 is 0.800 bits per heavy atom.